The summed E-state index contributed by atoms with van der Waals surface area (Å²) in [4.78, 5) is 12.0. The van der Waals surface area contributed by atoms with E-state index >= 15 is 0 Å². The van der Waals surface area contributed by atoms with Gasteiger partial charge in [-0.25, -0.2) is 0 Å². The first-order valence-electron chi connectivity index (χ1n) is 6.30. The van der Waals surface area contributed by atoms with Crippen LogP contribution in [0.3, 0.4) is 0 Å². The van der Waals surface area contributed by atoms with Crippen molar-refractivity contribution < 1.29 is 9.90 Å². The number of rotatable bonds is 4. The van der Waals surface area contributed by atoms with Gasteiger partial charge in [0.15, 0.2) is 0 Å². The van der Waals surface area contributed by atoms with E-state index in [1.165, 1.54) is 0 Å². The quantitative estimate of drug-likeness (QED) is 0.898. The van der Waals surface area contributed by atoms with Gasteiger partial charge in [0.2, 0.25) is 0 Å². The molecule has 1 saturated carbocycles. The van der Waals surface area contributed by atoms with Crippen molar-refractivity contribution in [2.75, 3.05) is 13.2 Å². The van der Waals surface area contributed by atoms with Crippen LogP contribution >= 0.6 is 15.9 Å². The zero-order valence-electron chi connectivity index (χ0n) is 10.3. The number of nitrogens with one attached hydrogen (secondary N) is 1. The number of carbonyl (C=O) groups is 1. The summed E-state index contributed by atoms with van der Waals surface area (Å²) in [5, 5.41) is 12.4. The molecule has 18 heavy (non-hydrogen) atoms. The van der Waals surface area contributed by atoms with Crippen molar-refractivity contribution in [3.8, 4) is 0 Å². The number of halogens is 1. The molecule has 2 rings (SSSR count). The van der Waals surface area contributed by atoms with Crippen molar-refractivity contribution in [2.45, 2.75) is 25.7 Å². The average molecular weight is 312 g/mol. The Kier molecular flexibility index (Phi) is 4.40. The molecule has 0 saturated heterocycles. The molecular weight excluding hydrogens is 294 g/mol. The minimum Gasteiger partial charge on any atom is -0.396 e. The van der Waals surface area contributed by atoms with Gasteiger partial charge in [0.05, 0.1) is 6.61 Å². The van der Waals surface area contributed by atoms with E-state index in [0.29, 0.717) is 12.1 Å². The summed E-state index contributed by atoms with van der Waals surface area (Å²) in [6.45, 7) is 0.723. The fourth-order valence-electron chi connectivity index (χ4n) is 2.52. The van der Waals surface area contributed by atoms with Gasteiger partial charge < -0.3 is 10.4 Å². The lowest BCUT2D eigenvalue weighted by molar-refractivity contribution is 0.0880. The van der Waals surface area contributed by atoms with E-state index in [0.717, 1.165) is 30.2 Å². The molecule has 0 aromatic heterocycles. The second kappa shape index (κ2) is 5.85. The van der Waals surface area contributed by atoms with Crippen LogP contribution in [0.1, 0.15) is 36.0 Å². The molecule has 98 valence electrons. The SMILES string of the molecule is O=C(NCC1(CO)CCCC1)c1cccc(Br)c1. The maximum Gasteiger partial charge on any atom is 0.251 e. The van der Waals surface area contributed by atoms with Crippen molar-refractivity contribution in [3.63, 3.8) is 0 Å². The third kappa shape index (κ3) is 3.12. The van der Waals surface area contributed by atoms with Gasteiger partial charge >= 0.3 is 0 Å². The van der Waals surface area contributed by atoms with Crippen molar-refractivity contribution in [1.29, 1.82) is 0 Å². The number of hydrogen-bond acceptors (Lipinski definition) is 2. The number of hydrogen-bond donors (Lipinski definition) is 2. The van der Waals surface area contributed by atoms with Crippen LogP contribution in [0.25, 0.3) is 0 Å². The van der Waals surface area contributed by atoms with E-state index in [9.17, 15) is 9.90 Å². The Hall–Kier alpha value is -0.870. The molecule has 0 heterocycles. The molecule has 1 aromatic carbocycles. The van der Waals surface area contributed by atoms with Gasteiger partial charge in [-0.2, -0.15) is 0 Å². The number of carbonyl (C=O) groups excluding carboxylic acids is 1. The van der Waals surface area contributed by atoms with Gasteiger partial charge in [-0.15, -0.1) is 0 Å². The largest absolute Gasteiger partial charge is 0.396 e. The van der Waals surface area contributed by atoms with Gasteiger partial charge in [0, 0.05) is 22.0 Å². The molecule has 0 bridgehead atoms. The van der Waals surface area contributed by atoms with Crippen molar-refractivity contribution >= 4 is 21.8 Å². The molecule has 0 unspecified atom stereocenters. The minimum atomic E-state index is -0.0956. The lowest BCUT2D eigenvalue weighted by atomic mass is 9.87. The van der Waals surface area contributed by atoms with Crippen molar-refractivity contribution in [3.05, 3.63) is 34.3 Å². The van der Waals surface area contributed by atoms with Crippen LogP contribution in [0, 0.1) is 5.41 Å². The van der Waals surface area contributed by atoms with Crippen LogP contribution in [0.5, 0.6) is 0 Å². The fraction of sp³-hybridized carbons (Fsp3) is 0.500. The Morgan fingerprint density at radius 3 is 2.72 bits per heavy atom. The topological polar surface area (TPSA) is 49.3 Å². The second-order valence-corrected chi connectivity index (χ2v) is 5.97. The highest BCUT2D eigenvalue weighted by molar-refractivity contribution is 9.10. The van der Waals surface area contributed by atoms with Gasteiger partial charge in [0.25, 0.3) is 5.91 Å². The van der Waals surface area contributed by atoms with Gasteiger partial charge in [-0.3, -0.25) is 4.79 Å². The van der Waals surface area contributed by atoms with E-state index in [4.69, 9.17) is 0 Å². The van der Waals surface area contributed by atoms with Crippen molar-refractivity contribution in [1.82, 2.24) is 5.32 Å². The highest BCUT2D eigenvalue weighted by atomic mass is 79.9. The van der Waals surface area contributed by atoms with Crippen LogP contribution in [0.15, 0.2) is 28.7 Å². The monoisotopic (exact) mass is 311 g/mol. The first-order chi connectivity index (χ1) is 8.65. The summed E-state index contributed by atoms with van der Waals surface area (Å²) in [6, 6.07) is 7.33. The predicted octanol–water partition coefficient (Wildman–Crippen LogP) is 2.73. The zero-order valence-corrected chi connectivity index (χ0v) is 11.9. The molecule has 1 fully saturated rings. The predicted molar refractivity (Wildman–Crippen MR) is 74.5 cm³/mol. The molecule has 0 aliphatic heterocycles. The summed E-state index contributed by atoms with van der Waals surface area (Å²) < 4.78 is 0.896. The lowest BCUT2D eigenvalue weighted by Gasteiger charge is -2.26. The smallest absolute Gasteiger partial charge is 0.251 e. The number of aliphatic hydroxyl groups excluding tert-OH is 1. The first kappa shape index (κ1) is 13.6. The van der Waals surface area contributed by atoms with Crippen LogP contribution in [0.2, 0.25) is 0 Å². The molecule has 0 radical (unpaired) electrons. The third-order valence-corrected chi connectivity index (χ3v) is 4.20. The number of benzene rings is 1. The molecule has 2 N–H and O–H groups in total. The molecule has 1 aliphatic carbocycles. The Balaban J connectivity index is 1.96. The molecule has 4 heteroatoms. The highest BCUT2D eigenvalue weighted by Crippen LogP contribution is 2.36. The molecule has 1 aliphatic rings. The van der Waals surface area contributed by atoms with Crippen LogP contribution in [0.4, 0.5) is 0 Å². The fourth-order valence-corrected chi connectivity index (χ4v) is 2.91. The number of aliphatic hydroxyl groups is 1. The Morgan fingerprint density at radius 2 is 2.11 bits per heavy atom. The van der Waals surface area contributed by atoms with Crippen LogP contribution < -0.4 is 5.32 Å². The Morgan fingerprint density at radius 1 is 1.39 bits per heavy atom. The van der Waals surface area contributed by atoms with Gasteiger partial charge in [-0.1, -0.05) is 34.8 Å². The Labute approximate surface area is 116 Å². The average Bonchev–Trinajstić information content (AvgIpc) is 2.85. The van der Waals surface area contributed by atoms with E-state index < -0.39 is 0 Å². The second-order valence-electron chi connectivity index (χ2n) is 5.06. The number of amides is 1. The molecule has 1 amide bonds. The third-order valence-electron chi connectivity index (χ3n) is 3.71. The standard InChI is InChI=1S/C14H18BrNO2/c15-12-5-3-4-11(8-12)13(18)16-9-14(10-17)6-1-2-7-14/h3-5,8,17H,1-2,6-7,9-10H2,(H,16,18). The van der Waals surface area contributed by atoms with Crippen LogP contribution in [-0.2, 0) is 0 Å². The summed E-state index contributed by atoms with van der Waals surface area (Å²) in [5.41, 5.74) is 0.553. The van der Waals surface area contributed by atoms with Gasteiger partial charge in [0.1, 0.15) is 0 Å². The molecule has 0 spiro atoms. The van der Waals surface area contributed by atoms with Crippen molar-refractivity contribution in [2.24, 2.45) is 5.41 Å². The summed E-state index contributed by atoms with van der Waals surface area (Å²) in [6.07, 6.45) is 4.30. The van der Waals surface area contributed by atoms with E-state index in [2.05, 4.69) is 21.2 Å². The molecule has 3 nitrogen and oxygen atoms in total. The summed E-state index contributed by atoms with van der Waals surface area (Å²) in [5.74, 6) is -0.0731. The van der Waals surface area contributed by atoms with Crippen LogP contribution in [-0.4, -0.2) is 24.2 Å². The Bertz CT molecular complexity index is 428. The highest BCUT2D eigenvalue weighted by Gasteiger charge is 2.33. The molecule has 1 aromatic rings. The first-order valence-corrected chi connectivity index (χ1v) is 7.09. The maximum absolute atomic E-state index is 12.0. The van der Waals surface area contributed by atoms with E-state index in [-0.39, 0.29) is 17.9 Å². The minimum absolute atomic E-state index is 0.0731. The maximum atomic E-state index is 12.0. The molecule has 0 atom stereocenters. The van der Waals surface area contributed by atoms with E-state index in [1.54, 1.807) is 12.1 Å². The summed E-state index contributed by atoms with van der Waals surface area (Å²) >= 11 is 3.35. The van der Waals surface area contributed by atoms with E-state index in [1.807, 2.05) is 12.1 Å². The lowest BCUT2D eigenvalue weighted by Crippen LogP contribution is -2.38. The molecular formula is C14H18BrNO2. The van der Waals surface area contributed by atoms with Gasteiger partial charge in [-0.05, 0) is 31.0 Å². The zero-order chi connectivity index (χ0) is 13.0. The summed E-state index contributed by atoms with van der Waals surface area (Å²) in [7, 11) is 0. The normalized spacial score (nSPS) is 17.7.